The summed E-state index contributed by atoms with van der Waals surface area (Å²) in [6.07, 6.45) is -0.619. The number of nitrogens with zero attached hydrogens (tertiary/aromatic N) is 1. The van der Waals surface area contributed by atoms with E-state index in [0.29, 0.717) is 17.1 Å². The molecule has 0 fully saturated rings. The Bertz CT molecular complexity index is 661. The minimum Gasteiger partial charge on any atom is -0.454 e. The molecule has 1 aliphatic heterocycles. The fourth-order valence-electron chi connectivity index (χ4n) is 2.38. The van der Waals surface area contributed by atoms with E-state index in [0.717, 1.165) is 11.1 Å². The highest BCUT2D eigenvalue weighted by Gasteiger charge is 2.26. The summed E-state index contributed by atoms with van der Waals surface area (Å²) >= 11 is 0. The molecule has 3 rings (SSSR count). The number of benzene rings is 2. The Hall–Kier alpha value is -2.51. The molecule has 0 radical (unpaired) electrons. The van der Waals surface area contributed by atoms with E-state index in [1.165, 1.54) is 0 Å². The molecule has 2 aromatic carbocycles. The lowest BCUT2D eigenvalue weighted by Gasteiger charge is -2.17. The fourth-order valence-corrected chi connectivity index (χ4v) is 2.38. The summed E-state index contributed by atoms with van der Waals surface area (Å²) in [6, 6.07) is 15.0. The van der Waals surface area contributed by atoms with Crippen LogP contribution >= 0.6 is 0 Å². The second-order valence-electron chi connectivity index (χ2n) is 4.52. The van der Waals surface area contributed by atoms with Crippen LogP contribution in [-0.4, -0.2) is 11.9 Å². The second-order valence-corrected chi connectivity index (χ2v) is 4.52. The predicted molar refractivity (Wildman–Crippen MR) is 72.4 cm³/mol. The lowest BCUT2D eigenvalue weighted by molar-refractivity contribution is 0.167. The quantitative estimate of drug-likeness (QED) is 0.928. The minimum atomic E-state index is -0.837. The van der Waals surface area contributed by atoms with E-state index in [9.17, 15) is 5.11 Å². The smallest absolute Gasteiger partial charge is 0.231 e. The highest BCUT2D eigenvalue weighted by Crippen LogP contribution is 2.42. The Morgan fingerprint density at radius 1 is 1.15 bits per heavy atom. The zero-order valence-corrected chi connectivity index (χ0v) is 10.7. The molecule has 0 amide bonds. The van der Waals surface area contributed by atoms with Crippen LogP contribution in [0.15, 0.2) is 42.5 Å². The Morgan fingerprint density at radius 2 is 1.95 bits per heavy atom. The molecule has 4 nitrogen and oxygen atoms in total. The van der Waals surface area contributed by atoms with Crippen molar-refractivity contribution in [3.8, 4) is 17.6 Å². The first-order chi connectivity index (χ1) is 9.81. The number of nitriles is 1. The molecule has 100 valence electrons. The van der Waals surface area contributed by atoms with E-state index in [2.05, 4.69) is 6.07 Å². The molecule has 0 spiro atoms. The van der Waals surface area contributed by atoms with Gasteiger partial charge in [0.1, 0.15) is 6.10 Å². The Labute approximate surface area is 116 Å². The first-order valence-electron chi connectivity index (χ1n) is 6.32. The molecular weight excluding hydrogens is 254 g/mol. The summed E-state index contributed by atoms with van der Waals surface area (Å²) in [4.78, 5) is 0. The van der Waals surface area contributed by atoms with Crippen LogP contribution in [0.5, 0.6) is 11.5 Å². The van der Waals surface area contributed by atoms with E-state index in [1.54, 1.807) is 12.1 Å². The van der Waals surface area contributed by atoms with E-state index in [4.69, 9.17) is 14.7 Å². The van der Waals surface area contributed by atoms with E-state index < -0.39 is 6.10 Å². The second kappa shape index (κ2) is 5.24. The van der Waals surface area contributed by atoms with Gasteiger partial charge in [0.2, 0.25) is 6.79 Å². The highest BCUT2D eigenvalue weighted by molar-refractivity contribution is 5.55. The molecule has 0 aromatic heterocycles. The Kier molecular flexibility index (Phi) is 3.28. The first-order valence-corrected chi connectivity index (χ1v) is 6.32. The van der Waals surface area contributed by atoms with E-state index in [-0.39, 0.29) is 13.2 Å². The lowest BCUT2D eigenvalue weighted by Crippen LogP contribution is -2.05. The predicted octanol–water partition coefficient (Wildman–Crippen LogP) is 2.56. The van der Waals surface area contributed by atoms with Crippen molar-refractivity contribution in [2.75, 3.05) is 6.79 Å². The van der Waals surface area contributed by atoms with Gasteiger partial charge in [-0.05, 0) is 17.2 Å². The normalized spacial score (nSPS) is 13.8. The SMILES string of the molecule is N#CCc1ccc2c(c1C(O)c1ccccc1)OCO2. The summed E-state index contributed by atoms with van der Waals surface area (Å²) in [5.41, 5.74) is 2.14. The van der Waals surface area contributed by atoms with Gasteiger partial charge in [-0.2, -0.15) is 5.26 Å². The van der Waals surface area contributed by atoms with Crippen LogP contribution in [0.2, 0.25) is 0 Å². The van der Waals surface area contributed by atoms with Crippen molar-refractivity contribution in [1.82, 2.24) is 0 Å². The maximum Gasteiger partial charge on any atom is 0.231 e. The topological polar surface area (TPSA) is 62.5 Å². The number of ether oxygens (including phenoxy) is 2. The standard InChI is InChI=1S/C16H13NO3/c17-9-8-11-6-7-13-16(20-10-19-13)14(11)15(18)12-4-2-1-3-5-12/h1-7,15,18H,8,10H2. The van der Waals surface area contributed by atoms with Gasteiger partial charge in [-0.1, -0.05) is 36.4 Å². The first kappa shape index (κ1) is 12.5. The summed E-state index contributed by atoms with van der Waals surface area (Å²) in [5.74, 6) is 1.14. The number of aliphatic hydroxyl groups is 1. The van der Waals surface area contributed by atoms with Crippen LogP contribution in [0.3, 0.4) is 0 Å². The lowest BCUT2D eigenvalue weighted by atomic mass is 9.94. The third-order valence-corrected chi connectivity index (χ3v) is 3.33. The maximum absolute atomic E-state index is 10.6. The molecule has 0 saturated heterocycles. The van der Waals surface area contributed by atoms with Gasteiger partial charge in [0.15, 0.2) is 11.5 Å². The van der Waals surface area contributed by atoms with Gasteiger partial charge in [0.25, 0.3) is 0 Å². The monoisotopic (exact) mass is 267 g/mol. The van der Waals surface area contributed by atoms with Crippen LogP contribution in [0.1, 0.15) is 22.8 Å². The summed E-state index contributed by atoms with van der Waals surface area (Å²) in [5, 5.41) is 19.6. The van der Waals surface area contributed by atoms with Gasteiger partial charge >= 0.3 is 0 Å². The molecule has 0 saturated carbocycles. The van der Waals surface area contributed by atoms with Crippen LogP contribution in [0, 0.1) is 11.3 Å². The highest BCUT2D eigenvalue weighted by atomic mass is 16.7. The molecule has 1 aliphatic rings. The van der Waals surface area contributed by atoms with Gasteiger partial charge in [-0.25, -0.2) is 0 Å². The number of hydrogen-bond acceptors (Lipinski definition) is 4. The zero-order chi connectivity index (χ0) is 13.9. The number of fused-ring (bicyclic) bond motifs is 1. The van der Waals surface area contributed by atoms with Gasteiger partial charge in [0.05, 0.1) is 12.5 Å². The van der Waals surface area contributed by atoms with Gasteiger partial charge < -0.3 is 14.6 Å². The molecule has 1 heterocycles. The largest absolute Gasteiger partial charge is 0.454 e. The van der Waals surface area contributed by atoms with Crippen molar-refractivity contribution in [3.63, 3.8) is 0 Å². The Balaban J connectivity index is 2.12. The average molecular weight is 267 g/mol. The third-order valence-electron chi connectivity index (χ3n) is 3.33. The fraction of sp³-hybridized carbons (Fsp3) is 0.188. The van der Waals surface area contributed by atoms with E-state index >= 15 is 0 Å². The third kappa shape index (κ3) is 2.09. The molecule has 4 heteroatoms. The van der Waals surface area contributed by atoms with Crippen molar-refractivity contribution < 1.29 is 14.6 Å². The number of rotatable bonds is 3. The molecule has 0 aliphatic carbocycles. The van der Waals surface area contributed by atoms with Crippen LogP contribution in [-0.2, 0) is 6.42 Å². The van der Waals surface area contributed by atoms with Crippen LogP contribution in [0.4, 0.5) is 0 Å². The van der Waals surface area contributed by atoms with Crippen molar-refractivity contribution in [2.24, 2.45) is 0 Å². The van der Waals surface area contributed by atoms with Crippen molar-refractivity contribution in [1.29, 1.82) is 5.26 Å². The van der Waals surface area contributed by atoms with Gasteiger partial charge in [-0.3, -0.25) is 0 Å². The van der Waals surface area contributed by atoms with Gasteiger partial charge in [0, 0.05) is 5.56 Å². The van der Waals surface area contributed by atoms with Gasteiger partial charge in [-0.15, -0.1) is 0 Å². The molecule has 1 unspecified atom stereocenters. The van der Waals surface area contributed by atoms with E-state index in [1.807, 2.05) is 30.3 Å². The molecule has 0 bridgehead atoms. The molecule has 1 atom stereocenters. The van der Waals surface area contributed by atoms with Crippen molar-refractivity contribution >= 4 is 0 Å². The molecular formula is C16H13NO3. The van der Waals surface area contributed by atoms with Crippen LogP contribution < -0.4 is 9.47 Å². The molecule has 20 heavy (non-hydrogen) atoms. The molecule has 2 aromatic rings. The minimum absolute atomic E-state index is 0.139. The zero-order valence-electron chi connectivity index (χ0n) is 10.7. The number of hydrogen-bond donors (Lipinski definition) is 1. The van der Waals surface area contributed by atoms with Crippen LogP contribution in [0.25, 0.3) is 0 Å². The average Bonchev–Trinajstić information content (AvgIpc) is 2.96. The summed E-state index contributed by atoms with van der Waals surface area (Å²) in [6.45, 7) is 0.139. The molecule has 1 N–H and O–H groups in total. The summed E-state index contributed by atoms with van der Waals surface area (Å²) < 4.78 is 10.8. The van der Waals surface area contributed by atoms with Crippen molar-refractivity contribution in [2.45, 2.75) is 12.5 Å². The maximum atomic E-state index is 10.6. The Morgan fingerprint density at radius 3 is 2.70 bits per heavy atom. The van der Waals surface area contributed by atoms with Crippen molar-refractivity contribution in [3.05, 3.63) is 59.2 Å². The number of aliphatic hydroxyl groups excluding tert-OH is 1. The summed E-state index contributed by atoms with van der Waals surface area (Å²) in [7, 11) is 0.